The van der Waals surface area contributed by atoms with Crippen molar-refractivity contribution < 1.29 is 8.42 Å². The number of nitrogens with zero attached hydrogens (tertiary/aromatic N) is 2. The lowest BCUT2D eigenvalue weighted by Crippen LogP contribution is -2.35. The van der Waals surface area contributed by atoms with Gasteiger partial charge in [0.2, 0.25) is 10.0 Å². The molecule has 1 aliphatic heterocycles. The maximum atomic E-state index is 11.2. The minimum absolute atomic E-state index is 0. The molecule has 3 N–H and O–H groups in total. The molecule has 0 bridgehead atoms. The summed E-state index contributed by atoms with van der Waals surface area (Å²) < 4.78 is 25.1. The van der Waals surface area contributed by atoms with E-state index in [1.165, 1.54) is 6.26 Å². The molecule has 0 spiro atoms. The zero-order valence-electron chi connectivity index (χ0n) is 12.4. The van der Waals surface area contributed by atoms with Crippen LogP contribution in [0.3, 0.4) is 0 Å². The highest BCUT2D eigenvalue weighted by Gasteiger charge is 2.29. The molecule has 1 fully saturated rings. The Hall–Kier alpha value is -1.19. The second-order valence-corrected chi connectivity index (χ2v) is 6.97. The maximum Gasteiger partial charge on any atom is 0.208 e. The molecule has 1 aliphatic rings. The van der Waals surface area contributed by atoms with Crippen molar-refractivity contribution in [3.63, 3.8) is 0 Å². The molecule has 0 aliphatic carbocycles. The molecule has 0 radical (unpaired) electrons. The Kier molecular flexibility index (Phi) is 6.97. The molecule has 128 valence electrons. The molecule has 3 rings (SSSR count). The number of nitrogens with one attached hydrogen (secondary N) is 3. The SMILES string of the molecule is CS(=O)(=O)N[C@@H]1CN[C@H](c2nc(-c3ccccc3)n[nH]2)C1.Cl.Cl. The van der Waals surface area contributed by atoms with Gasteiger partial charge < -0.3 is 5.32 Å². The van der Waals surface area contributed by atoms with Crippen LogP contribution < -0.4 is 10.0 Å². The molecular weight excluding hydrogens is 361 g/mol. The summed E-state index contributed by atoms with van der Waals surface area (Å²) in [5.41, 5.74) is 0.948. The molecular formula is C13H19Cl2N5O2S. The number of benzene rings is 1. The van der Waals surface area contributed by atoms with Crippen LogP contribution in [0.15, 0.2) is 30.3 Å². The van der Waals surface area contributed by atoms with E-state index in [1.54, 1.807) is 0 Å². The highest BCUT2D eigenvalue weighted by atomic mass is 35.5. The van der Waals surface area contributed by atoms with Crippen LogP contribution in [0.4, 0.5) is 0 Å². The smallest absolute Gasteiger partial charge is 0.208 e. The topological polar surface area (TPSA) is 99.8 Å². The molecule has 2 atom stereocenters. The summed E-state index contributed by atoms with van der Waals surface area (Å²) in [6, 6.07) is 9.57. The van der Waals surface area contributed by atoms with E-state index >= 15 is 0 Å². The fourth-order valence-corrected chi connectivity index (χ4v) is 3.27. The monoisotopic (exact) mass is 379 g/mol. The third-order valence-electron chi connectivity index (χ3n) is 3.38. The van der Waals surface area contributed by atoms with Crippen molar-refractivity contribution in [2.24, 2.45) is 0 Å². The van der Waals surface area contributed by atoms with Crippen LogP contribution in [0, 0.1) is 0 Å². The van der Waals surface area contributed by atoms with E-state index in [0.717, 1.165) is 11.4 Å². The van der Waals surface area contributed by atoms with E-state index in [9.17, 15) is 8.42 Å². The Balaban J connectivity index is 0.00000132. The van der Waals surface area contributed by atoms with Gasteiger partial charge in [0.15, 0.2) is 5.82 Å². The number of H-pyrrole nitrogens is 1. The number of halogens is 2. The maximum absolute atomic E-state index is 11.2. The lowest BCUT2D eigenvalue weighted by Gasteiger charge is -2.08. The summed E-state index contributed by atoms with van der Waals surface area (Å²) in [5.74, 6) is 1.37. The van der Waals surface area contributed by atoms with Crippen molar-refractivity contribution in [1.29, 1.82) is 0 Å². The van der Waals surface area contributed by atoms with Gasteiger partial charge in [0.1, 0.15) is 5.82 Å². The third kappa shape index (κ3) is 5.15. The van der Waals surface area contributed by atoms with Crippen molar-refractivity contribution in [3.05, 3.63) is 36.2 Å². The van der Waals surface area contributed by atoms with Crippen molar-refractivity contribution >= 4 is 34.8 Å². The van der Waals surface area contributed by atoms with Gasteiger partial charge in [-0.3, -0.25) is 5.10 Å². The van der Waals surface area contributed by atoms with E-state index < -0.39 is 10.0 Å². The van der Waals surface area contributed by atoms with Gasteiger partial charge in [0.25, 0.3) is 0 Å². The molecule has 10 heteroatoms. The molecule has 1 saturated heterocycles. The largest absolute Gasteiger partial charge is 0.306 e. The molecule has 2 aromatic rings. The number of aromatic amines is 1. The van der Waals surface area contributed by atoms with Crippen molar-refractivity contribution in [2.45, 2.75) is 18.5 Å². The predicted molar refractivity (Wildman–Crippen MR) is 93.4 cm³/mol. The zero-order chi connectivity index (χ0) is 14.9. The fourth-order valence-electron chi connectivity index (χ4n) is 2.48. The van der Waals surface area contributed by atoms with Crippen LogP contribution in [0.1, 0.15) is 18.3 Å². The first-order valence-corrected chi connectivity index (χ1v) is 8.59. The van der Waals surface area contributed by atoms with Gasteiger partial charge >= 0.3 is 0 Å². The summed E-state index contributed by atoms with van der Waals surface area (Å²) in [4.78, 5) is 4.49. The molecule has 0 amide bonds. The van der Waals surface area contributed by atoms with Crippen LogP contribution in [0.5, 0.6) is 0 Å². The van der Waals surface area contributed by atoms with Crippen LogP contribution in [0.25, 0.3) is 11.4 Å². The Morgan fingerprint density at radius 1 is 1.22 bits per heavy atom. The molecule has 23 heavy (non-hydrogen) atoms. The predicted octanol–water partition coefficient (Wildman–Crippen LogP) is 1.27. The Morgan fingerprint density at radius 3 is 2.57 bits per heavy atom. The van der Waals surface area contributed by atoms with Gasteiger partial charge in [-0.1, -0.05) is 30.3 Å². The quantitative estimate of drug-likeness (QED) is 0.742. The normalized spacial score (nSPS) is 20.6. The fraction of sp³-hybridized carbons (Fsp3) is 0.385. The molecule has 7 nitrogen and oxygen atoms in total. The molecule has 1 aromatic heterocycles. The average Bonchev–Trinajstić information content (AvgIpc) is 3.06. The molecule has 2 heterocycles. The summed E-state index contributed by atoms with van der Waals surface area (Å²) in [6.07, 6.45) is 1.82. The van der Waals surface area contributed by atoms with Crippen molar-refractivity contribution in [3.8, 4) is 11.4 Å². The highest BCUT2D eigenvalue weighted by Crippen LogP contribution is 2.23. The summed E-state index contributed by atoms with van der Waals surface area (Å²) in [7, 11) is -3.19. The standard InChI is InChI=1S/C13H17N5O2S.2ClH/c1-21(19,20)18-10-7-11(14-8-10)13-15-12(16-17-13)9-5-3-2-4-6-9;;/h2-6,10-11,14,18H,7-8H2,1H3,(H,15,16,17);2*1H/t10-,11-;;/m0../s1. The Bertz CT molecular complexity index is 723. The second-order valence-electron chi connectivity index (χ2n) is 5.19. The van der Waals surface area contributed by atoms with E-state index in [4.69, 9.17) is 0 Å². The summed E-state index contributed by atoms with van der Waals surface area (Å²) in [6.45, 7) is 0.582. The van der Waals surface area contributed by atoms with Crippen molar-refractivity contribution in [2.75, 3.05) is 12.8 Å². The van der Waals surface area contributed by atoms with Gasteiger partial charge in [-0.25, -0.2) is 18.1 Å². The lowest BCUT2D eigenvalue weighted by atomic mass is 10.2. The second kappa shape index (κ2) is 8.07. The van der Waals surface area contributed by atoms with Gasteiger partial charge in [-0.05, 0) is 6.42 Å². The molecule has 0 unspecified atom stereocenters. The van der Waals surface area contributed by atoms with E-state index in [1.807, 2.05) is 30.3 Å². The number of rotatable bonds is 4. The lowest BCUT2D eigenvalue weighted by molar-refractivity contribution is 0.557. The first-order valence-electron chi connectivity index (χ1n) is 6.70. The van der Waals surface area contributed by atoms with Crippen LogP contribution in [-0.4, -0.2) is 42.4 Å². The number of sulfonamides is 1. The first kappa shape index (κ1) is 19.9. The van der Waals surface area contributed by atoms with Gasteiger partial charge in [-0.15, -0.1) is 24.8 Å². The minimum atomic E-state index is -3.19. The zero-order valence-corrected chi connectivity index (χ0v) is 14.8. The highest BCUT2D eigenvalue weighted by molar-refractivity contribution is 7.88. The third-order valence-corrected chi connectivity index (χ3v) is 4.14. The number of aromatic nitrogens is 3. The van der Waals surface area contributed by atoms with E-state index in [0.29, 0.717) is 18.8 Å². The van der Waals surface area contributed by atoms with Crippen LogP contribution in [0.2, 0.25) is 0 Å². The van der Waals surface area contributed by atoms with Crippen LogP contribution >= 0.6 is 24.8 Å². The van der Waals surface area contributed by atoms with Crippen LogP contribution in [-0.2, 0) is 10.0 Å². The van der Waals surface area contributed by atoms with Gasteiger partial charge in [0, 0.05) is 18.2 Å². The number of hydrogen-bond acceptors (Lipinski definition) is 5. The van der Waals surface area contributed by atoms with E-state index in [-0.39, 0.29) is 36.9 Å². The van der Waals surface area contributed by atoms with Crippen molar-refractivity contribution in [1.82, 2.24) is 25.2 Å². The molecule has 0 saturated carbocycles. The van der Waals surface area contributed by atoms with E-state index in [2.05, 4.69) is 25.2 Å². The minimum Gasteiger partial charge on any atom is -0.306 e. The summed E-state index contributed by atoms with van der Waals surface area (Å²) in [5, 5.41) is 10.4. The number of hydrogen-bond donors (Lipinski definition) is 3. The van der Waals surface area contributed by atoms with Gasteiger partial charge in [-0.2, -0.15) is 5.10 Å². The molecule has 1 aromatic carbocycles. The van der Waals surface area contributed by atoms with Gasteiger partial charge in [0.05, 0.1) is 12.3 Å². The Morgan fingerprint density at radius 2 is 1.91 bits per heavy atom. The Labute approximate surface area is 147 Å². The first-order chi connectivity index (χ1) is 10.0. The summed E-state index contributed by atoms with van der Waals surface area (Å²) >= 11 is 0. The average molecular weight is 380 g/mol.